The molecule has 3 heterocycles. The molecular weight excluding hydrogens is 502 g/mol. The number of sulfonamides is 1. The lowest BCUT2D eigenvalue weighted by molar-refractivity contribution is 0.0981. The standard InChI is InChI=1S/C28H35N5O4S/c1-5-37-22-13-11-21(12-14-22)15-18-29-24-9-6-10-25(31-24)38(35,36)32-27(34)23-8-7-17-30-26(23)33-19-16-20(2)28(33,3)4/h6-14,17,20H,5,15-16,18-19H2,1-4H3,(H,29,31)(H,32,34). The molecule has 9 nitrogen and oxygen atoms in total. The molecule has 0 saturated carbocycles. The maximum atomic E-state index is 13.2. The molecule has 1 amide bonds. The third kappa shape index (κ3) is 6.07. The second kappa shape index (κ2) is 11.4. The molecule has 0 bridgehead atoms. The second-order valence-corrected chi connectivity index (χ2v) is 11.5. The van der Waals surface area contributed by atoms with Crippen LogP contribution >= 0.6 is 0 Å². The van der Waals surface area contributed by atoms with Gasteiger partial charge in [-0.25, -0.2) is 14.7 Å². The summed E-state index contributed by atoms with van der Waals surface area (Å²) in [6.07, 6.45) is 3.30. The van der Waals surface area contributed by atoms with E-state index in [1.54, 1.807) is 30.5 Å². The van der Waals surface area contributed by atoms with Crippen LogP contribution in [-0.2, 0) is 16.4 Å². The smallest absolute Gasteiger partial charge is 0.281 e. The van der Waals surface area contributed by atoms with Crippen molar-refractivity contribution in [2.45, 2.75) is 51.1 Å². The van der Waals surface area contributed by atoms with E-state index < -0.39 is 15.9 Å². The van der Waals surface area contributed by atoms with Crippen LogP contribution in [0, 0.1) is 5.92 Å². The average Bonchev–Trinajstić information content (AvgIpc) is 3.17. The van der Waals surface area contributed by atoms with E-state index in [1.807, 2.05) is 31.2 Å². The van der Waals surface area contributed by atoms with Crippen LogP contribution in [-0.4, -0.2) is 49.5 Å². The summed E-state index contributed by atoms with van der Waals surface area (Å²) in [5, 5.41) is 2.92. The van der Waals surface area contributed by atoms with Crippen molar-refractivity contribution in [3.63, 3.8) is 0 Å². The van der Waals surface area contributed by atoms with Gasteiger partial charge in [0.1, 0.15) is 17.4 Å². The highest BCUT2D eigenvalue weighted by Gasteiger charge is 2.40. The van der Waals surface area contributed by atoms with Gasteiger partial charge in [-0.1, -0.05) is 25.1 Å². The van der Waals surface area contributed by atoms with Crippen LogP contribution in [0.15, 0.2) is 65.8 Å². The Hall–Kier alpha value is -3.66. The average molecular weight is 538 g/mol. The molecule has 0 aliphatic carbocycles. The van der Waals surface area contributed by atoms with E-state index in [2.05, 4.69) is 45.7 Å². The quantitative estimate of drug-likeness (QED) is 0.394. The first-order chi connectivity index (χ1) is 18.1. The van der Waals surface area contributed by atoms with Crippen molar-refractivity contribution in [1.82, 2.24) is 14.7 Å². The third-order valence-electron chi connectivity index (χ3n) is 7.15. The summed E-state index contributed by atoms with van der Waals surface area (Å²) in [7, 11) is -4.21. The molecule has 4 rings (SSSR count). The highest BCUT2D eigenvalue weighted by atomic mass is 32.2. The summed E-state index contributed by atoms with van der Waals surface area (Å²) in [5.41, 5.74) is 1.11. The van der Waals surface area contributed by atoms with Crippen LogP contribution in [0.5, 0.6) is 5.75 Å². The molecule has 202 valence electrons. The lowest BCUT2D eigenvalue weighted by atomic mass is 9.90. The lowest BCUT2D eigenvalue weighted by Gasteiger charge is -2.36. The summed E-state index contributed by atoms with van der Waals surface area (Å²) >= 11 is 0. The van der Waals surface area contributed by atoms with Gasteiger partial charge in [0.2, 0.25) is 0 Å². The number of carbonyl (C=O) groups is 1. The lowest BCUT2D eigenvalue weighted by Crippen LogP contribution is -2.43. The maximum Gasteiger partial charge on any atom is 0.281 e. The Morgan fingerprint density at radius 2 is 1.89 bits per heavy atom. The minimum Gasteiger partial charge on any atom is -0.494 e. The van der Waals surface area contributed by atoms with Crippen molar-refractivity contribution in [3.8, 4) is 5.75 Å². The summed E-state index contributed by atoms with van der Waals surface area (Å²) in [6, 6.07) is 15.7. The number of anilines is 2. The molecule has 1 fully saturated rings. The summed E-state index contributed by atoms with van der Waals surface area (Å²) in [6.45, 7) is 10.2. The van der Waals surface area contributed by atoms with Crippen molar-refractivity contribution >= 4 is 27.6 Å². The van der Waals surface area contributed by atoms with E-state index in [0.29, 0.717) is 30.7 Å². The minimum atomic E-state index is -4.21. The van der Waals surface area contributed by atoms with Gasteiger partial charge in [-0.3, -0.25) is 4.79 Å². The maximum absolute atomic E-state index is 13.2. The molecule has 1 saturated heterocycles. The first kappa shape index (κ1) is 27.4. The van der Waals surface area contributed by atoms with Gasteiger partial charge in [0.25, 0.3) is 15.9 Å². The normalized spacial score (nSPS) is 16.7. The molecule has 0 spiro atoms. The van der Waals surface area contributed by atoms with Gasteiger partial charge in [0.05, 0.1) is 12.2 Å². The van der Waals surface area contributed by atoms with Gasteiger partial charge in [-0.15, -0.1) is 0 Å². The highest BCUT2D eigenvalue weighted by Crippen LogP contribution is 2.38. The predicted octanol–water partition coefficient (Wildman–Crippen LogP) is 4.27. The van der Waals surface area contributed by atoms with Gasteiger partial charge in [-0.2, -0.15) is 8.42 Å². The molecule has 38 heavy (non-hydrogen) atoms. The number of carbonyl (C=O) groups excluding carboxylic acids is 1. The number of benzene rings is 1. The van der Waals surface area contributed by atoms with Gasteiger partial charge in [0, 0.05) is 24.8 Å². The number of pyridine rings is 2. The zero-order chi connectivity index (χ0) is 27.3. The monoisotopic (exact) mass is 537 g/mol. The Balaban J connectivity index is 1.43. The van der Waals surface area contributed by atoms with Crippen molar-refractivity contribution in [2.24, 2.45) is 5.92 Å². The molecule has 1 aliphatic rings. The largest absolute Gasteiger partial charge is 0.494 e. The molecule has 1 atom stereocenters. The topological polar surface area (TPSA) is 114 Å². The fraction of sp³-hybridized carbons (Fsp3) is 0.393. The van der Waals surface area contributed by atoms with Crippen LogP contribution in [0.1, 0.15) is 50.0 Å². The molecule has 10 heteroatoms. The molecule has 1 aromatic carbocycles. The molecule has 0 radical (unpaired) electrons. The first-order valence-electron chi connectivity index (χ1n) is 12.8. The zero-order valence-corrected chi connectivity index (χ0v) is 23.1. The fourth-order valence-corrected chi connectivity index (χ4v) is 5.48. The molecule has 2 aromatic heterocycles. The van der Waals surface area contributed by atoms with E-state index in [1.165, 1.54) is 6.07 Å². The Morgan fingerprint density at radius 1 is 1.13 bits per heavy atom. The van der Waals surface area contributed by atoms with E-state index in [0.717, 1.165) is 30.7 Å². The number of amides is 1. The third-order valence-corrected chi connectivity index (χ3v) is 8.39. The number of hydrogen-bond acceptors (Lipinski definition) is 8. The van der Waals surface area contributed by atoms with Crippen molar-refractivity contribution in [1.29, 1.82) is 0 Å². The number of ether oxygens (including phenoxy) is 1. The van der Waals surface area contributed by atoms with Crippen molar-refractivity contribution in [3.05, 3.63) is 71.9 Å². The van der Waals surface area contributed by atoms with E-state index in [9.17, 15) is 13.2 Å². The van der Waals surface area contributed by atoms with Crippen LogP contribution < -0.4 is 19.7 Å². The number of rotatable bonds is 10. The first-order valence-corrected chi connectivity index (χ1v) is 14.3. The number of nitrogens with zero attached hydrogens (tertiary/aromatic N) is 3. The Labute approximate surface area is 224 Å². The van der Waals surface area contributed by atoms with Crippen molar-refractivity contribution in [2.75, 3.05) is 29.9 Å². The fourth-order valence-electron chi connectivity index (χ4n) is 4.54. The van der Waals surface area contributed by atoms with E-state index in [-0.39, 0.29) is 16.1 Å². The second-order valence-electron chi connectivity index (χ2n) is 9.92. The Morgan fingerprint density at radius 3 is 2.58 bits per heavy atom. The Kier molecular flexibility index (Phi) is 8.20. The van der Waals surface area contributed by atoms with E-state index >= 15 is 0 Å². The van der Waals surface area contributed by atoms with Gasteiger partial charge in [0.15, 0.2) is 5.03 Å². The molecule has 2 N–H and O–H groups in total. The number of nitrogens with one attached hydrogen (secondary N) is 2. The summed E-state index contributed by atoms with van der Waals surface area (Å²) < 4.78 is 33.8. The van der Waals surface area contributed by atoms with E-state index in [4.69, 9.17) is 4.74 Å². The van der Waals surface area contributed by atoms with Gasteiger partial charge >= 0.3 is 0 Å². The number of hydrogen-bond donors (Lipinski definition) is 2. The highest BCUT2D eigenvalue weighted by molar-refractivity contribution is 7.90. The molecule has 1 aliphatic heterocycles. The minimum absolute atomic E-state index is 0.211. The van der Waals surface area contributed by atoms with Crippen LogP contribution in [0.25, 0.3) is 0 Å². The molecular formula is C28H35N5O4S. The van der Waals surface area contributed by atoms with Gasteiger partial charge < -0.3 is 15.0 Å². The van der Waals surface area contributed by atoms with Crippen LogP contribution in [0.2, 0.25) is 0 Å². The van der Waals surface area contributed by atoms with Crippen molar-refractivity contribution < 1.29 is 17.9 Å². The summed E-state index contributed by atoms with van der Waals surface area (Å²) in [4.78, 5) is 23.9. The van der Waals surface area contributed by atoms with Crippen LogP contribution in [0.3, 0.4) is 0 Å². The van der Waals surface area contributed by atoms with Gasteiger partial charge in [-0.05, 0) is 81.5 Å². The molecule has 1 unspecified atom stereocenters. The number of aromatic nitrogens is 2. The molecule has 3 aromatic rings. The predicted molar refractivity (Wildman–Crippen MR) is 148 cm³/mol. The Bertz CT molecular complexity index is 1380. The SMILES string of the molecule is CCOc1ccc(CCNc2cccc(S(=O)(=O)NC(=O)c3cccnc3N3CCC(C)C3(C)C)n2)cc1. The van der Waals surface area contributed by atoms with Crippen LogP contribution in [0.4, 0.5) is 11.6 Å². The zero-order valence-electron chi connectivity index (χ0n) is 22.3. The summed E-state index contributed by atoms with van der Waals surface area (Å²) in [5.74, 6) is 1.37.